The standard InChI is InChI=1S/C19H11F2NO/c20-12-6-8-15(17(21)9-12)19-16(10-23)14-7-5-11-3-1-2-4-13(11)18(14)22-19/h1-10,22H. The summed E-state index contributed by atoms with van der Waals surface area (Å²) in [5.41, 5.74) is 1.68. The summed E-state index contributed by atoms with van der Waals surface area (Å²) >= 11 is 0. The van der Waals surface area contributed by atoms with Crippen LogP contribution in [0, 0.1) is 11.6 Å². The highest BCUT2D eigenvalue weighted by Crippen LogP contribution is 2.34. The third-order valence-corrected chi connectivity index (χ3v) is 4.06. The van der Waals surface area contributed by atoms with Gasteiger partial charge in [0, 0.05) is 28.0 Å². The predicted octanol–water partition coefficient (Wildman–Crippen LogP) is 5.08. The minimum Gasteiger partial charge on any atom is -0.353 e. The normalized spacial score (nSPS) is 11.2. The number of aromatic amines is 1. The van der Waals surface area contributed by atoms with Crippen molar-refractivity contribution in [2.45, 2.75) is 0 Å². The van der Waals surface area contributed by atoms with Gasteiger partial charge in [-0.1, -0.05) is 36.4 Å². The van der Waals surface area contributed by atoms with Crippen LogP contribution in [-0.4, -0.2) is 11.3 Å². The van der Waals surface area contributed by atoms with Crippen LogP contribution in [0.3, 0.4) is 0 Å². The van der Waals surface area contributed by atoms with Crippen LogP contribution >= 0.6 is 0 Å². The van der Waals surface area contributed by atoms with E-state index < -0.39 is 11.6 Å². The molecule has 0 amide bonds. The average Bonchev–Trinajstić information content (AvgIpc) is 2.93. The molecular formula is C19H11F2NO. The number of halogens is 2. The molecule has 4 aromatic rings. The zero-order valence-corrected chi connectivity index (χ0v) is 11.9. The Morgan fingerprint density at radius 2 is 1.74 bits per heavy atom. The molecule has 0 radical (unpaired) electrons. The highest BCUT2D eigenvalue weighted by molar-refractivity contribution is 6.14. The molecule has 2 nitrogen and oxygen atoms in total. The van der Waals surface area contributed by atoms with Crippen LogP contribution in [-0.2, 0) is 0 Å². The molecule has 0 aliphatic carbocycles. The van der Waals surface area contributed by atoms with E-state index in [4.69, 9.17) is 0 Å². The van der Waals surface area contributed by atoms with Crippen LogP contribution in [0.15, 0.2) is 54.6 Å². The van der Waals surface area contributed by atoms with Gasteiger partial charge in [-0.2, -0.15) is 0 Å². The van der Waals surface area contributed by atoms with Gasteiger partial charge in [0.2, 0.25) is 0 Å². The molecule has 0 saturated heterocycles. The van der Waals surface area contributed by atoms with Crippen molar-refractivity contribution >= 4 is 28.0 Å². The maximum atomic E-state index is 14.1. The fraction of sp³-hybridized carbons (Fsp3) is 0. The molecule has 4 rings (SSSR count). The van der Waals surface area contributed by atoms with Gasteiger partial charge in [-0.15, -0.1) is 0 Å². The van der Waals surface area contributed by atoms with E-state index in [2.05, 4.69) is 4.98 Å². The maximum absolute atomic E-state index is 14.1. The molecule has 23 heavy (non-hydrogen) atoms. The van der Waals surface area contributed by atoms with Gasteiger partial charge in [0.15, 0.2) is 6.29 Å². The van der Waals surface area contributed by atoms with E-state index in [1.54, 1.807) is 0 Å². The SMILES string of the molecule is O=Cc1c(-c2ccc(F)cc2F)[nH]c2c1ccc1ccccc12. The smallest absolute Gasteiger partial charge is 0.152 e. The van der Waals surface area contributed by atoms with Crippen molar-refractivity contribution in [1.29, 1.82) is 0 Å². The van der Waals surface area contributed by atoms with E-state index >= 15 is 0 Å². The van der Waals surface area contributed by atoms with Crippen molar-refractivity contribution in [1.82, 2.24) is 4.98 Å². The minimum absolute atomic E-state index is 0.175. The quantitative estimate of drug-likeness (QED) is 0.515. The van der Waals surface area contributed by atoms with Crippen molar-refractivity contribution < 1.29 is 13.6 Å². The van der Waals surface area contributed by atoms with Crippen molar-refractivity contribution in [3.8, 4) is 11.3 Å². The average molecular weight is 307 g/mol. The van der Waals surface area contributed by atoms with Crippen LogP contribution in [0.4, 0.5) is 8.78 Å². The topological polar surface area (TPSA) is 32.9 Å². The zero-order valence-electron chi connectivity index (χ0n) is 11.9. The van der Waals surface area contributed by atoms with Crippen LogP contribution < -0.4 is 0 Å². The van der Waals surface area contributed by atoms with E-state index in [-0.39, 0.29) is 5.56 Å². The van der Waals surface area contributed by atoms with Crippen LogP contribution in [0.5, 0.6) is 0 Å². The van der Waals surface area contributed by atoms with Crippen LogP contribution in [0.25, 0.3) is 32.9 Å². The Morgan fingerprint density at radius 1 is 0.913 bits per heavy atom. The first kappa shape index (κ1) is 13.6. The fourth-order valence-electron chi connectivity index (χ4n) is 2.98. The summed E-state index contributed by atoms with van der Waals surface area (Å²) in [6.07, 6.45) is 0.700. The molecule has 112 valence electrons. The van der Waals surface area contributed by atoms with Gasteiger partial charge in [0.1, 0.15) is 11.6 Å². The molecule has 1 N–H and O–H groups in total. The second-order valence-corrected chi connectivity index (χ2v) is 5.36. The molecule has 0 aliphatic heterocycles. The highest BCUT2D eigenvalue weighted by Gasteiger charge is 2.17. The number of H-pyrrole nitrogens is 1. The first-order valence-corrected chi connectivity index (χ1v) is 7.13. The van der Waals surface area contributed by atoms with E-state index in [0.717, 1.165) is 27.7 Å². The zero-order chi connectivity index (χ0) is 16.0. The number of aldehydes is 1. The Hall–Kier alpha value is -3.01. The van der Waals surface area contributed by atoms with Gasteiger partial charge in [-0.3, -0.25) is 4.79 Å². The van der Waals surface area contributed by atoms with Crippen molar-refractivity contribution in [3.05, 3.63) is 71.8 Å². The Bertz CT molecular complexity index is 1070. The third kappa shape index (κ3) is 2.03. The highest BCUT2D eigenvalue weighted by atomic mass is 19.1. The molecule has 0 bridgehead atoms. The number of rotatable bonds is 2. The molecule has 0 unspecified atom stereocenters. The summed E-state index contributed by atoms with van der Waals surface area (Å²) in [5, 5.41) is 2.68. The molecular weight excluding hydrogens is 296 g/mol. The van der Waals surface area contributed by atoms with E-state index in [9.17, 15) is 13.6 Å². The summed E-state index contributed by atoms with van der Waals surface area (Å²) in [6, 6.07) is 14.8. The van der Waals surface area contributed by atoms with E-state index in [0.29, 0.717) is 17.5 Å². The first-order valence-electron chi connectivity index (χ1n) is 7.13. The molecule has 3 aromatic carbocycles. The molecule has 0 atom stereocenters. The summed E-state index contributed by atoms with van der Waals surface area (Å²) < 4.78 is 27.3. The molecule has 0 aliphatic rings. The van der Waals surface area contributed by atoms with Gasteiger partial charge < -0.3 is 4.98 Å². The third-order valence-electron chi connectivity index (χ3n) is 4.06. The number of fused-ring (bicyclic) bond motifs is 3. The Balaban J connectivity index is 2.11. The second-order valence-electron chi connectivity index (χ2n) is 5.36. The summed E-state index contributed by atoms with van der Waals surface area (Å²) in [5.74, 6) is -1.36. The Kier molecular flexibility index (Phi) is 2.98. The Labute approximate surface area is 130 Å². The van der Waals surface area contributed by atoms with Crippen LogP contribution in [0.1, 0.15) is 10.4 Å². The second kappa shape index (κ2) is 5.02. The van der Waals surface area contributed by atoms with Crippen molar-refractivity contribution in [2.75, 3.05) is 0 Å². The lowest BCUT2D eigenvalue weighted by atomic mass is 10.0. The number of benzene rings is 3. The molecule has 1 heterocycles. The van der Waals surface area contributed by atoms with Gasteiger partial charge >= 0.3 is 0 Å². The number of aromatic nitrogens is 1. The van der Waals surface area contributed by atoms with E-state index in [1.807, 2.05) is 36.4 Å². The van der Waals surface area contributed by atoms with Gasteiger partial charge in [-0.25, -0.2) is 8.78 Å². The summed E-state index contributed by atoms with van der Waals surface area (Å²) in [7, 11) is 0. The molecule has 0 spiro atoms. The monoisotopic (exact) mass is 307 g/mol. The largest absolute Gasteiger partial charge is 0.353 e. The van der Waals surface area contributed by atoms with Crippen molar-refractivity contribution in [3.63, 3.8) is 0 Å². The number of nitrogens with one attached hydrogen (secondary N) is 1. The summed E-state index contributed by atoms with van der Waals surface area (Å²) in [4.78, 5) is 14.7. The lowest BCUT2D eigenvalue weighted by molar-refractivity contribution is 0.112. The van der Waals surface area contributed by atoms with Gasteiger partial charge in [-0.05, 0) is 17.5 Å². The fourth-order valence-corrected chi connectivity index (χ4v) is 2.98. The van der Waals surface area contributed by atoms with E-state index in [1.165, 1.54) is 12.1 Å². The minimum atomic E-state index is -0.705. The number of carbonyl (C=O) groups excluding carboxylic acids is 1. The molecule has 0 saturated carbocycles. The maximum Gasteiger partial charge on any atom is 0.152 e. The lowest BCUT2D eigenvalue weighted by Gasteiger charge is -2.02. The molecule has 0 fully saturated rings. The first-order chi connectivity index (χ1) is 11.2. The molecule has 1 aromatic heterocycles. The summed E-state index contributed by atoms with van der Waals surface area (Å²) in [6.45, 7) is 0. The molecule has 4 heteroatoms. The number of hydrogen-bond donors (Lipinski definition) is 1. The predicted molar refractivity (Wildman–Crippen MR) is 86.5 cm³/mol. The number of hydrogen-bond acceptors (Lipinski definition) is 1. The van der Waals surface area contributed by atoms with Crippen molar-refractivity contribution in [2.24, 2.45) is 0 Å². The van der Waals surface area contributed by atoms with Gasteiger partial charge in [0.05, 0.1) is 11.2 Å². The van der Waals surface area contributed by atoms with Crippen LogP contribution in [0.2, 0.25) is 0 Å². The van der Waals surface area contributed by atoms with Gasteiger partial charge in [0.25, 0.3) is 0 Å². The number of carbonyl (C=O) groups is 1. The lowest BCUT2D eigenvalue weighted by Crippen LogP contribution is -1.90. The Morgan fingerprint density at radius 3 is 2.52 bits per heavy atom.